The van der Waals surface area contributed by atoms with Crippen LogP contribution >= 0.6 is 0 Å². The third-order valence-electron chi connectivity index (χ3n) is 3.89. The second-order valence-corrected chi connectivity index (χ2v) is 5.94. The van der Waals surface area contributed by atoms with Crippen LogP contribution in [0.1, 0.15) is 17.5 Å². The van der Waals surface area contributed by atoms with Crippen LogP contribution in [-0.2, 0) is 22.6 Å². The summed E-state index contributed by atoms with van der Waals surface area (Å²) < 4.78 is 5.10. The van der Waals surface area contributed by atoms with E-state index in [1.54, 1.807) is 18.5 Å². The van der Waals surface area contributed by atoms with Crippen molar-refractivity contribution < 1.29 is 14.3 Å². The molecule has 2 rings (SSSR count). The molecule has 0 aliphatic rings. The zero-order valence-corrected chi connectivity index (χ0v) is 15.3. The number of methoxy groups -OCH3 is 1. The first-order valence-corrected chi connectivity index (χ1v) is 8.63. The van der Waals surface area contributed by atoms with Gasteiger partial charge in [-0.15, -0.1) is 0 Å². The van der Waals surface area contributed by atoms with Crippen LogP contribution in [0.3, 0.4) is 0 Å². The number of nitrogens with zero attached hydrogens (tertiary/aromatic N) is 1. The summed E-state index contributed by atoms with van der Waals surface area (Å²) in [6.45, 7) is 1.05. The van der Waals surface area contributed by atoms with Crippen LogP contribution in [0.25, 0.3) is 0 Å². The number of pyridine rings is 1. The Labute approximate surface area is 158 Å². The number of benzene rings is 1. The predicted molar refractivity (Wildman–Crippen MR) is 103 cm³/mol. The number of hydrogen-bond donors (Lipinski definition) is 4. The number of nitrogens with one attached hydrogen (secondary N) is 3. The Hall–Kier alpha value is -2.97. The molecule has 1 aromatic carbocycles. The Balaban J connectivity index is 1.80. The maximum Gasteiger partial charge on any atom is 0.319 e. The Morgan fingerprint density at radius 2 is 1.85 bits per heavy atom. The van der Waals surface area contributed by atoms with Gasteiger partial charge in [-0.25, -0.2) is 4.79 Å². The van der Waals surface area contributed by atoms with Gasteiger partial charge in [0.15, 0.2) is 0 Å². The smallest absolute Gasteiger partial charge is 0.319 e. The average molecular weight is 371 g/mol. The molecule has 2 aromatic rings. The average Bonchev–Trinajstić information content (AvgIpc) is 2.70. The lowest BCUT2D eigenvalue weighted by atomic mass is 10.2. The van der Waals surface area contributed by atoms with Gasteiger partial charge in [-0.1, -0.05) is 12.1 Å². The maximum absolute atomic E-state index is 12.0. The van der Waals surface area contributed by atoms with E-state index in [4.69, 9.17) is 10.5 Å². The van der Waals surface area contributed by atoms with E-state index in [0.29, 0.717) is 18.8 Å². The van der Waals surface area contributed by atoms with E-state index in [1.165, 1.54) is 7.11 Å². The number of rotatable bonds is 9. The summed E-state index contributed by atoms with van der Waals surface area (Å²) in [5, 5.41) is 8.37. The Morgan fingerprint density at radius 3 is 2.56 bits per heavy atom. The molecule has 0 saturated heterocycles. The minimum Gasteiger partial charge on any atom is -0.380 e. The van der Waals surface area contributed by atoms with Crippen molar-refractivity contribution in [1.29, 1.82) is 0 Å². The minimum absolute atomic E-state index is 0.138. The number of carbonyl (C=O) groups excluding carboxylic acids is 2. The highest BCUT2D eigenvalue weighted by molar-refractivity contribution is 5.89. The van der Waals surface area contributed by atoms with E-state index in [0.717, 1.165) is 11.1 Å². The molecule has 144 valence electrons. The van der Waals surface area contributed by atoms with Gasteiger partial charge in [0.25, 0.3) is 0 Å². The fourth-order valence-electron chi connectivity index (χ4n) is 2.36. The lowest BCUT2D eigenvalue weighted by molar-refractivity contribution is -0.123. The van der Waals surface area contributed by atoms with Gasteiger partial charge in [-0.05, 0) is 35.4 Å². The molecule has 5 N–H and O–H groups in total. The van der Waals surface area contributed by atoms with Gasteiger partial charge in [-0.3, -0.25) is 9.78 Å². The summed E-state index contributed by atoms with van der Waals surface area (Å²) in [5.41, 5.74) is 7.99. The molecule has 3 amide bonds. The lowest BCUT2D eigenvalue weighted by Crippen LogP contribution is -2.32. The molecule has 1 aromatic heterocycles. The van der Waals surface area contributed by atoms with Gasteiger partial charge >= 0.3 is 6.03 Å². The first-order chi connectivity index (χ1) is 13.1. The van der Waals surface area contributed by atoms with Crippen molar-refractivity contribution in [2.24, 2.45) is 5.73 Å². The second kappa shape index (κ2) is 10.9. The van der Waals surface area contributed by atoms with Crippen LogP contribution < -0.4 is 21.7 Å². The molecule has 1 heterocycles. The van der Waals surface area contributed by atoms with Gasteiger partial charge in [0.2, 0.25) is 5.91 Å². The summed E-state index contributed by atoms with van der Waals surface area (Å²) in [5.74, 6) is -0.138. The molecule has 0 aliphatic carbocycles. The summed E-state index contributed by atoms with van der Waals surface area (Å²) in [6.07, 6.45) is 3.27. The summed E-state index contributed by atoms with van der Waals surface area (Å²) in [6, 6.07) is 10.6. The predicted octanol–water partition coefficient (Wildman–Crippen LogP) is 1.38. The summed E-state index contributed by atoms with van der Waals surface area (Å²) in [4.78, 5) is 27.8. The number of urea groups is 1. The molecule has 0 saturated carbocycles. The monoisotopic (exact) mass is 371 g/mol. The molecule has 27 heavy (non-hydrogen) atoms. The molecule has 0 fully saturated rings. The highest BCUT2D eigenvalue weighted by Crippen LogP contribution is 2.11. The molecule has 0 spiro atoms. The van der Waals surface area contributed by atoms with Gasteiger partial charge < -0.3 is 26.4 Å². The molecular formula is C19H25N5O3. The van der Waals surface area contributed by atoms with Crippen molar-refractivity contribution >= 4 is 17.6 Å². The number of ether oxygens (including phenoxy) is 1. The van der Waals surface area contributed by atoms with Crippen LogP contribution in [0, 0.1) is 0 Å². The van der Waals surface area contributed by atoms with Gasteiger partial charge in [0.05, 0.1) is 12.5 Å². The molecule has 0 radical (unpaired) electrons. The standard InChI is InChI=1S/C19H25N5O3/c1-27-17(11-20)10-18(25)22-13-15-3-2-4-16(9-15)24-19(26)23-12-14-5-7-21-8-6-14/h2-9,17H,10-13,20H2,1H3,(H,22,25)(H2,23,24,26). The topological polar surface area (TPSA) is 118 Å². The third kappa shape index (κ3) is 7.43. The first kappa shape index (κ1) is 20.3. The number of anilines is 1. The number of amides is 3. The fraction of sp³-hybridized carbons (Fsp3) is 0.316. The lowest BCUT2D eigenvalue weighted by Gasteiger charge is -2.13. The number of hydrogen-bond acceptors (Lipinski definition) is 5. The minimum atomic E-state index is -0.307. The SMILES string of the molecule is COC(CN)CC(=O)NCc1cccc(NC(=O)NCc2ccncc2)c1. The Bertz CT molecular complexity index is 735. The molecule has 8 heteroatoms. The normalized spacial score (nSPS) is 11.5. The molecule has 1 atom stereocenters. The van der Waals surface area contributed by atoms with Crippen LogP contribution in [0.5, 0.6) is 0 Å². The zero-order chi connectivity index (χ0) is 19.5. The van der Waals surface area contributed by atoms with Crippen LogP contribution in [0.15, 0.2) is 48.8 Å². The quantitative estimate of drug-likeness (QED) is 0.531. The molecule has 8 nitrogen and oxygen atoms in total. The van der Waals surface area contributed by atoms with E-state index in [9.17, 15) is 9.59 Å². The number of nitrogens with two attached hydrogens (primary N) is 1. The molecule has 0 bridgehead atoms. The van der Waals surface area contributed by atoms with Crippen LogP contribution in [0.2, 0.25) is 0 Å². The second-order valence-electron chi connectivity index (χ2n) is 5.94. The molecular weight excluding hydrogens is 346 g/mol. The molecule has 1 unspecified atom stereocenters. The highest BCUT2D eigenvalue weighted by atomic mass is 16.5. The number of aromatic nitrogens is 1. The van der Waals surface area contributed by atoms with Gasteiger partial charge in [0, 0.05) is 44.8 Å². The van der Waals surface area contributed by atoms with Crippen molar-refractivity contribution in [3.05, 3.63) is 59.9 Å². The van der Waals surface area contributed by atoms with Crippen LogP contribution in [-0.4, -0.2) is 36.7 Å². The van der Waals surface area contributed by atoms with E-state index >= 15 is 0 Å². The van der Waals surface area contributed by atoms with E-state index in [1.807, 2.05) is 30.3 Å². The summed E-state index contributed by atoms with van der Waals surface area (Å²) in [7, 11) is 1.53. The third-order valence-corrected chi connectivity index (χ3v) is 3.89. The summed E-state index contributed by atoms with van der Waals surface area (Å²) >= 11 is 0. The fourth-order valence-corrected chi connectivity index (χ4v) is 2.36. The maximum atomic E-state index is 12.0. The van der Waals surface area contributed by atoms with Crippen molar-refractivity contribution in [1.82, 2.24) is 15.6 Å². The zero-order valence-electron chi connectivity index (χ0n) is 15.3. The van der Waals surface area contributed by atoms with E-state index in [2.05, 4.69) is 20.9 Å². The largest absolute Gasteiger partial charge is 0.380 e. The van der Waals surface area contributed by atoms with Crippen molar-refractivity contribution in [3.8, 4) is 0 Å². The first-order valence-electron chi connectivity index (χ1n) is 8.63. The Kier molecular flexibility index (Phi) is 8.21. The van der Waals surface area contributed by atoms with Gasteiger partial charge in [0.1, 0.15) is 0 Å². The van der Waals surface area contributed by atoms with Crippen LogP contribution in [0.4, 0.5) is 10.5 Å². The number of carbonyl (C=O) groups is 2. The van der Waals surface area contributed by atoms with E-state index in [-0.39, 0.29) is 31.0 Å². The van der Waals surface area contributed by atoms with Crippen molar-refractivity contribution in [3.63, 3.8) is 0 Å². The van der Waals surface area contributed by atoms with Crippen molar-refractivity contribution in [2.75, 3.05) is 19.0 Å². The molecule has 0 aliphatic heterocycles. The van der Waals surface area contributed by atoms with Gasteiger partial charge in [-0.2, -0.15) is 0 Å². The highest BCUT2D eigenvalue weighted by Gasteiger charge is 2.11. The Morgan fingerprint density at radius 1 is 1.11 bits per heavy atom. The van der Waals surface area contributed by atoms with Crippen molar-refractivity contribution in [2.45, 2.75) is 25.6 Å². The van der Waals surface area contributed by atoms with E-state index < -0.39 is 0 Å².